The molecular weight excluding hydrogens is 319 g/mol. The van der Waals surface area contributed by atoms with Crippen molar-refractivity contribution in [3.05, 3.63) is 53.8 Å². The van der Waals surface area contributed by atoms with Gasteiger partial charge in [-0.25, -0.2) is 17.8 Å². The number of sulfone groups is 1. The fourth-order valence-corrected chi connectivity index (χ4v) is 3.95. The molecule has 0 aliphatic carbocycles. The van der Waals surface area contributed by atoms with Crippen LogP contribution in [0.2, 0.25) is 0 Å². The molecule has 1 aromatic heterocycles. The van der Waals surface area contributed by atoms with Crippen molar-refractivity contribution in [3.63, 3.8) is 0 Å². The van der Waals surface area contributed by atoms with Gasteiger partial charge in [0.2, 0.25) is 15.0 Å². The molecule has 3 aromatic rings. The summed E-state index contributed by atoms with van der Waals surface area (Å²) in [6.07, 6.45) is 0. The first kappa shape index (κ1) is 15.5. The second-order valence-electron chi connectivity index (χ2n) is 5.19. The lowest BCUT2D eigenvalue weighted by Gasteiger charge is -2.06. The Balaban J connectivity index is 2.00. The second-order valence-corrected chi connectivity index (χ2v) is 7.08. The number of aryl methyl sites for hydroxylation is 1. The third-order valence-electron chi connectivity index (χ3n) is 3.60. The highest BCUT2D eigenvalue weighted by atomic mass is 32.2. The van der Waals surface area contributed by atoms with E-state index in [0.717, 1.165) is 0 Å². The van der Waals surface area contributed by atoms with Gasteiger partial charge in [-0.2, -0.15) is 0 Å². The third-order valence-corrected chi connectivity index (χ3v) is 5.23. The van der Waals surface area contributed by atoms with Gasteiger partial charge < -0.3 is 9.30 Å². The van der Waals surface area contributed by atoms with Crippen LogP contribution in [0, 0.1) is 5.82 Å². The summed E-state index contributed by atoms with van der Waals surface area (Å²) in [7, 11) is -0.498. The Morgan fingerprint density at radius 2 is 1.87 bits per heavy atom. The van der Waals surface area contributed by atoms with Crippen LogP contribution >= 0.6 is 0 Å². The van der Waals surface area contributed by atoms with Crippen molar-refractivity contribution in [2.75, 3.05) is 7.11 Å². The van der Waals surface area contributed by atoms with E-state index < -0.39 is 15.7 Å². The molecule has 7 heteroatoms. The van der Waals surface area contributed by atoms with E-state index in [2.05, 4.69) is 4.98 Å². The van der Waals surface area contributed by atoms with E-state index in [4.69, 9.17) is 4.74 Å². The van der Waals surface area contributed by atoms with E-state index in [9.17, 15) is 12.8 Å². The van der Waals surface area contributed by atoms with Gasteiger partial charge in [0.1, 0.15) is 11.6 Å². The molecule has 0 saturated carbocycles. The highest BCUT2D eigenvalue weighted by Gasteiger charge is 2.23. The number of benzene rings is 2. The lowest BCUT2D eigenvalue weighted by Crippen LogP contribution is -2.11. The van der Waals surface area contributed by atoms with E-state index >= 15 is 0 Å². The number of methoxy groups -OCH3 is 1. The fourth-order valence-electron chi connectivity index (χ4n) is 2.43. The Morgan fingerprint density at radius 3 is 2.52 bits per heavy atom. The lowest BCUT2D eigenvalue weighted by molar-refractivity contribution is 0.414. The zero-order valence-corrected chi connectivity index (χ0v) is 13.5. The van der Waals surface area contributed by atoms with Gasteiger partial charge in [-0.3, -0.25) is 0 Å². The first-order valence-corrected chi connectivity index (χ1v) is 8.53. The number of fused-ring (bicyclic) bond motifs is 1. The van der Waals surface area contributed by atoms with Gasteiger partial charge >= 0.3 is 0 Å². The smallest absolute Gasteiger partial charge is 0.228 e. The maximum absolute atomic E-state index is 13.3. The van der Waals surface area contributed by atoms with Crippen molar-refractivity contribution in [1.29, 1.82) is 0 Å². The van der Waals surface area contributed by atoms with Crippen molar-refractivity contribution in [1.82, 2.24) is 9.55 Å². The summed E-state index contributed by atoms with van der Waals surface area (Å²) >= 11 is 0. The number of hydrogen-bond acceptors (Lipinski definition) is 4. The number of ether oxygens (including phenoxy) is 1. The lowest BCUT2D eigenvalue weighted by atomic mass is 10.2. The molecule has 0 unspecified atom stereocenters. The molecule has 0 radical (unpaired) electrons. The van der Waals surface area contributed by atoms with Gasteiger partial charge in [-0.15, -0.1) is 0 Å². The zero-order valence-electron chi connectivity index (χ0n) is 12.7. The van der Waals surface area contributed by atoms with Crippen molar-refractivity contribution < 1.29 is 17.5 Å². The molecule has 2 aromatic carbocycles. The predicted octanol–water partition coefficient (Wildman–Crippen LogP) is 2.69. The monoisotopic (exact) mass is 334 g/mol. The van der Waals surface area contributed by atoms with E-state index in [1.165, 1.54) is 22.8 Å². The molecule has 0 fully saturated rings. The number of rotatable bonds is 4. The molecule has 3 rings (SSSR count). The number of nitrogens with zero attached hydrogens (tertiary/aromatic N) is 2. The SMILES string of the molecule is COc1ccc(CS(=O)(=O)c2nc3cc(F)ccc3n2C)cc1. The van der Waals surface area contributed by atoms with Crippen LogP contribution in [0.4, 0.5) is 4.39 Å². The van der Waals surface area contributed by atoms with Crippen molar-refractivity contribution >= 4 is 20.9 Å². The quantitative estimate of drug-likeness (QED) is 0.736. The largest absolute Gasteiger partial charge is 0.497 e. The van der Waals surface area contributed by atoms with Gasteiger partial charge in [0.15, 0.2) is 0 Å². The maximum Gasteiger partial charge on any atom is 0.228 e. The van der Waals surface area contributed by atoms with Gasteiger partial charge in [0.25, 0.3) is 0 Å². The highest BCUT2D eigenvalue weighted by molar-refractivity contribution is 7.90. The zero-order chi connectivity index (χ0) is 16.6. The summed E-state index contributed by atoms with van der Waals surface area (Å²) in [5, 5.41) is -0.0751. The molecule has 0 aliphatic heterocycles. The fraction of sp³-hybridized carbons (Fsp3) is 0.188. The van der Waals surface area contributed by atoms with Crippen LogP contribution in [0.1, 0.15) is 5.56 Å². The Kier molecular flexibility index (Phi) is 3.81. The molecule has 0 amide bonds. The van der Waals surface area contributed by atoms with Crippen molar-refractivity contribution in [2.45, 2.75) is 10.9 Å². The normalized spacial score (nSPS) is 11.8. The standard InChI is InChI=1S/C16H15FN2O3S/c1-19-15-8-5-12(17)9-14(15)18-16(19)23(20,21)10-11-3-6-13(22-2)7-4-11/h3-9H,10H2,1-2H3. The average Bonchev–Trinajstić information content (AvgIpc) is 2.85. The summed E-state index contributed by atoms with van der Waals surface area (Å²) in [5.41, 5.74) is 1.52. The predicted molar refractivity (Wildman–Crippen MR) is 84.6 cm³/mol. The Morgan fingerprint density at radius 1 is 1.17 bits per heavy atom. The van der Waals surface area contributed by atoms with Crippen LogP contribution in [0.15, 0.2) is 47.6 Å². The minimum Gasteiger partial charge on any atom is -0.497 e. The first-order valence-electron chi connectivity index (χ1n) is 6.88. The molecule has 0 bridgehead atoms. The molecule has 0 atom stereocenters. The molecule has 0 saturated heterocycles. The summed E-state index contributed by atoms with van der Waals surface area (Å²) in [4.78, 5) is 4.08. The minimum absolute atomic E-state index is 0.0751. The third kappa shape index (κ3) is 2.92. The van der Waals surface area contributed by atoms with E-state index in [-0.39, 0.29) is 10.9 Å². The van der Waals surface area contributed by atoms with Crippen LogP contribution in [-0.2, 0) is 22.6 Å². The summed E-state index contributed by atoms with van der Waals surface area (Å²) in [5.74, 6) is 0.0236. The van der Waals surface area contributed by atoms with Crippen LogP contribution in [0.5, 0.6) is 5.75 Å². The first-order chi connectivity index (χ1) is 10.9. The Labute approximate surface area is 133 Å². The number of imidazole rings is 1. The van der Waals surface area contributed by atoms with Gasteiger partial charge in [0, 0.05) is 13.1 Å². The van der Waals surface area contributed by atoms with Crippen molar-refractivity contribution in [3.8, 4) is 5.75 Å². The molecule has 23 heavy (non-hydrogen) atoms. The number of hydrogen-bond donors (Lipinski definition) is 0. The molecule has 0 N–H and O–H groups in total. The number of halogens is 1. The molecule has 120 valence electrons. The average molecular weight is 334 g/mol. The summed E-state index contributed by atoms with van der Waals surface area (Å²) in [6.45, 7) is 0. The van der Waals surface area contributed by atoms with Gasteiger partial charge in [0.05, 0.1) is 23.9 Å². The van der Waals surface area contributed by atoms with Crippen LogP contribution < -0.4 is 4.74 Å². The molecule has 0 spiro atoms. The second kappa shape index (κ2) is 5.66. The van der Waals surface area contributed by atoms with E-state index in [1.54, 1.807) is 38.4 Å². The molecule has 1 heterocycles. The Hall–Kier alpha value is -2.41. The highest BCUT2D eigenvalue weighted by Crippen LogP contribution is 2.22. The molecule has 5 nitrogen and oxygen atoms in total. The topological polar surface area (TPSA) is 61.2 Å². The van der Waals surface area contributed by atoms with Gasteiger partial charge in [-0.1, -0.05) is 12.1 Å². The Bertz CT molecular complexity index is 963. The number of aromatic nitrogens is 2. The van der Waals surface area contributed by atoms with Crippen LogP contribution in [0.3, 0.4) is 0 Å². The molecular formula is C16H15FN2O3S. The minimum atomic E-state index is -3.65. The van der Waals surface area contributed by atoms with Crippen LogP contribution in [-0.4, -0.2) is 25.1 Å². The summed E-state index contributed by atoms with van der Waals surface area (Å²) < 4.78 is 45.0. The van der Waals surface area contributed by atoms with E-state index in [1.807, 2.05) is 0 Å². The summed E-state index contributed by atoms with van der Waals surface area (Å²) in [6, 6.07) is 10.8. The van der Waals surface area contributed by atoms with Crippen molar-refractivity contribution in [2.24, 2.45) is 7.05 Å². The van der Waals surface area contributed by atoms with Crippen LogP contribution in [0.25, 0.3) is 11.0 Å². The van der Waals surface area contributed by atoms with E-state index in [0.29, 0.717) is 22.3 Å². The molecule has 0 aliphatic rings. The van der Waals surface area contributed by atoms with Gasteiger partial charge in [-0.05, 0) is 29.8 Å². The maximum atomic E-state index is 13.3.